The van der Waals surface area contributed by atoms with Crippen molar-refractivity contribution in [3.05, 3.63) is 41.9 Å². The van der Waals surface area contributed by atoms with Gasteiger partial charge in [-0.25, -0.2) is 4.98 Å². The van der Waals surface area contributed by atoms with Crippen LogP contribution in [0.25, 0.3) is 11.3 Å². The van der Waals surface area contributed by atoms with Crippen LogP contribution in [0.15, 0.2) is 30.5 Å². The first-order valence-corrected chi connectivity index (χ1v) is 7.13. The van der Waals surface area contributed by atoms with Crippen LogP contribution in [0.1, 0.15) is 24.2 Å². The lowest BCUT2D eigenvalue weighted by atomic mass is 9.94. The second-order valence-electron chi connectivity index (χ2n) is 5.51. The molecule has 1 aliphatic heterocycles. The van der Waals surface area contributed by atoms with E-state index in [0.717, 1.165) is 36.9 Å². The minimum atomic E-state index is 0.776. The molecular weight excluding hydrogens is 234 g/mol. The van der Waals surface area contributed by atoms with E-state index in [9.17, 15) is 0 Å². The first-order valence-electron chi connectivity index (χ1n) is 7.13. The zero-order chi connectivity index (χ0) is 13.1. The molecule has 0 atom stereocenters. The van der Waals surface area contributed by atoms with Crippen LogP contribution in [0.3, 0.4) is 0 Å². The number of hydrogen-bond acceptors (Lipinski definition) is 2. The fourth-order valence-corrected chi connectivity index (χ4v) is 2.71. The maximum atomic E-state index is 4.53. The van der Waals surface area contributed by atoms with Crippen molar-refractivity contribution in [2.45, 2.75) is 26.2 Å². The Morgan fingerprint density at radius 2 is 1.89 bits per heavy atom. The summed E-state index contributed by atoms with van der Waals surface area (Å²) in [6.45, 7) is 4.41. The average molecular weight is 255 g/mol. The molecule has 2 N–H and O–H groups in total. The Balaban J connectivity index is 1.70. The average Bonchev–Trinajstić information content (AvgIpc) is 2.89. The van der Waals surface area contributed by atoms with E-state index < -0.39 is 0 Å². The quantitative estimate of drug-likeness (QED) is 0.885. The van der Waals surface area contributed by atoms with Crippen molar-refractivity contribution in [2.75, 3.05) is 13.1 Å². The predicted octanol–water partition coefficient (Wildman–Crippen LogP) is 2.93. The molecule has 3 rings (SSSR count). The molecule has 0 bridgehead atoms. The Labute approximate surface area is 114 Å². The molecule has 1 aromatic heterocycles. The predicted molar refractivity (Wildman–Crippen MR) is 78.1 cm³/mol. The summed E-state index contributed by atoms with van der Waals surface area (Å²) in [6.07, 6.45) is 5.57. The number of nitrogens with one attached hydrogen (secondary N) is 2. The molecule has 19 heavy (non-hydrogen) atoms. The summed E-state index contributed by atoms with van der Waals surface area (Å²) in [6, 6.07) is 8.58. The zero-order valence-corrected chi connectivity index (χ0v) is 11.4. The SMILES string of the molecule is Cc1ccc(-c2cnc(CC3CCNCC3)[nH]2)cc1. The number of aryl methyl sites for hydroxylation is 1. The van der Waals surface area contributed by atoms with Gasteiger partial charge in [0.2, 0.25) is 0 Å². The molecule has 100 valence electrons. The number of aromatic nitrogens is 2. The zero-order valence-electron chi connectivity index (χ0n) is 11.4. The largest absolute Gasteiger partial charge is 0.342 e. The molecule has 3 nitrogen and oxygen atoms in total. The molecule has 2 aromatic rings. The lowest BCUT2D eigenvalue weighted by Gasteiger charge is -2.21. The van der Waals surface area contributed by atoms with Gasteiger partial charge < -0.3 is 10.3 Å². The van der Waals surface area contributed by atoms with E-state index in [-0.39, 0.29) is 0 Å². The van der Waals surface area contributed by atoms with Crippen LogP contribution in [0.2, 0.25) is 0 Å². The summed E-state index contributed by atoms with van der Waals surface area (Å²) in [7, 11) is 0. The maximum Gasteiger partial charge on any atom is 0.106 e. The van der Waals surface area contributed by atoms with Crippen LogP contribution in [0.5, 0.6) is 0 Å². The molecular formula is C16H21N3. The lowest BCUT2D eigenvalue weighted by Crippen LogP contribution is -2.28. The van der Waals surface area contributed by atoms with Gasteiger partial charge in [0.1, 0.15) is 5.82 Å². The summed E-state index contributed by atoms with van der Waals surface area (Å²) >= 11 is 0. The molecule has 0 aliphatic carbocycles. The van der Waals surface area contributed by atoms with Gasteiger partial charge in [-0.05, 0) is 44.3 Å². The van der Waals surface area contributed by atoms with Gasteiger partial charge in [0.15, 0.2) is 0 Å². The van der Waals surface area contributed by atoms with Crippen molar-refractivity contribution >= 4 is 0 Å². The van der Waals surface area contributed by atoms with E-state index in [1.807, 2.05) is 6.20 Å². The van der Waals surface area contributed by atoms with Crippen LogP contribution in [0.4, 0.5) is 0 Å². The first kappa shape index (κ1) is 12.4. The molecule has 1 aromatic carbocycles. The standard InChI is InChI=1S/C16H21N3/c1-12-2-4-14(5-3-12)15-11-18-16(19-15)10-13-6-8-17-9-7-13/h2-5,11,13,17H,6-10H2,1H3,(H,18,19). The van der Waals surface area contributed by atoms with Crippen molar-refractivity contribution in [1.82, 2.24) is 15.3 Å². The summed E-state index contributed by atoms with van der Waals surface area (Å²) < 4.78 is 0. The third kappa shape index (κ3) is 3.04. The summed E-state index contributed by atoms with van der Waals surface area (Å²) in [4.78, 5) is 8.00. The first-order chi connectivity index (χ1) is 9.31. The second kappa shape index (κ2) is 5.57. The monoisotopic (exact) mass is 255 g/mol. The van der Waals surface area contributed by atoms with Crippen molar-refractivity contribution in [3.63, 3.8) is 0 Å². The minimum Gasteiger partial charge on any atom is -0.342 e. The van der Waals surface area contributed by atoms with Gasteiger partial charge in [0.05, 0.1) is 11.9 Å². The highest BCUT2D eigenvalue weighted by molar-refractivity contribution is 5.58. The Kier molecular flexibility index (Phi) is 3.65. The molecule has 2 heterocycles. The van der Waals surface area contributed by atoms with E-state index in [1.165, 1.54) is 24.0 Å². The minimum absolute atomic E-state index is 0.776. The highest BCUT2D eigenvalue weighted by Gasteiger charge is 2.15. The lowest BCUT2D eigenvalue weighted by molar-refractivity contribution is 0.368. The number of hydrogen-bond donors (Lipinski definition) is 2. The van der Waals surface area contributed by atoms with Gasteiger partial charge in [-0.2, -0.15) is 0 Å². The van der Waals surface area contributed by atoms with Gasteiger partial charge in [0, 0.05) is 6.42 Å². The number of benzene rings is 1. The summed E-state index contributed by atoms with van der Waals surface area (Å²) in [5.41, 5.74) is 3.64. The van der Waals surface area contributed by atoms with Gasteiger partial charge in [0.25, 0.3) is 0 Å². The van der Waals surface area contributed by atoms with Crippen LogP contribution < -0.4 is 5.32 Å². The van der Waals surface area contributed by atoms with Crippen LogP contribution >= 0.6 is 0 Å². The van der Waals surface area contributed by atoms with Gasteiger partial charge in [-0.1, -0.05) is 29.8 Å². The van der Waals surface area contributed by atoms with E-state index in [1.54, 1.807) is 0 Å². The van der Waals surface area contributed by atoms with E-state index in [0.29, 0.717) is 0 Å². The van der Waals surface area contributed by atoms with Crippen LogP contribution in [-0.4, -0.2) is 23.1 Å². The Hall–Kier alpha value is -1.61. The topological polar surface area (TPSA) is 40.7 Å². The molecule has 1 saturated heterocycles. The normalized spacial score (nSPS) is 16.7. The molecule has 0 unspecified atom stereocenters. The van der Waals surface area contributed by atoms with E-state index in [2.05, 4.69) is 46.5 Å². The second-order valence-corrected chi connectivity index (χ2v) is 5.51. The molecule has 3 heteroatoms. The molecule has 0 radical (unpaired) electrons. The third-order valence-corrected chi connectivity index (χ3v) is 3.93. The van der Waals surface area contributed by atoms with Crippen molar-refractivity contribution in [1.29, 1.82) is 0 Å². The number of H-pyrrole nitrogens is 1. The van der Waals surface area contributed by atoms with Crippen molar-refractivity contribution < 1.29 is 0 Å². The van der Waals surface area contributed by atoms with Crippen LogP contribution in [-0.2, 0) is 6.42 Å². The third-order valence-electron chi connectivity index (χ3n) is 3.93. The fourth-order valence-electron chi connectivity index (χ4n) is 2.71. The summed E-state index contributed by atoms with van der Waals surface area (Å²) in [5.74, 6) is 1.90. The van der Waals surface area contributed by atoms with E-state index >= 15 is 0 Å². The van der Waals surface area contributed by atoms with Gasteiger partial charge in [-0.15, -0.1) is 0 Å². The Morgan fingerprint density at radius 3 is 2.63 bits per heavy atom. The number of rotatable bonds is 3. The highest BCUT2D eigenvalue weighted by atomic mass is 14.9. The van der Waals surface area contributed by atoms with Crippen LogP contribution in [0, 0.1) is 12.8 Å². The highest BCUT2D eigenvalue weighted by Crippen LogP contribution is 2.20. The maximum absolute atomic E-state index is 4.53. The van der Waals surface area contributed by atoms with Gasteiger partial charge >= 0.3 is 0 Å². The Morgan fingerprint density at radius 1 is 1.16 bits per heavy atom. The van der Waals surface area contributed by atoms with Gasteiger partial charge in [-0.3, -0.25) is 0 Å². The van der Waals surface area contributed by atoms with E-state index in [4.69, 9.17) is 0 Å². The molecule has 0 amide bonds. The van der Waals surface area contributed by atoms with Crippen molar-refractivity contribution in [2.24, 2.45) is 5.92 Å². The molecule has 1 fully saturated rings. The van der Waals surface area contributed by atoms with Crippen molar-refractivity contribution in [3.8, 4) is 11.3 Å². The number of nitrogens with zero attached hydrogens (tertiary/aromatic N) is 1. The summed E-state index contributed by atoms with van der Waals surface area (Å²) in [5, 5.41) is 3.41. The Bertz CT molecular complexity index is 521. The number of piperidine rings is 1. The molecule has 0 saturated carbocycles. The fraction of sp³-hybridized carbons (Fsp3) is 0.438. The molecule has 0 spiro atoms. The number of aromatic amines is 1. The smallest absolute Gasteiger partial charge is 0.106 e. The molecule has 1 aliphatic rings. The number of imidazole rings is 1.